The molecule has 3 aromatic rings. The number of hydrogen-bond donors (Lipinski definition) is 2. The van der Waals surface area contributed by atoms with Gasteiger partial charge in [0.15, 0.2) is 11.5 Å². The Morgan fingerprint density at radius 1 is 1.21 bits per heavy atom. The number of para-hydroxylation sites is 1. The van der Waals surface area contributed by atoms with E-state index in [0.717, 1.165) is 0 Å². The van der Waals surface area contributed by atoms with Crippen molar-refractivity contribution < 1.29 is 14.7 Å². The summed E-state index contributed by atoms with van der Waals surface area (Å²) >= 11 is 0. The van der Waals surface area contributed by atoms with Crippen LogP contribution < -0.4 is 0 Å². The van der Waals surface area contributed by atoms with Crippen molar-refractivity contribution in [3.05, 3.63) is 30.5 Å². The van der Waals surface area contributed by atoms with Crippen LogP contribution in [0.25, 0.3) is 23.0 Å². The van der Waals surface area contributed by atoms with E-state index >= 15 is 0 Å². The summed E-state index contributed by atoms with van der Waals surface area (Å²) in [5, 5.41) is 27.1. The molecule has 2 heterocycles. The normalized spacial score (nSPS) is 10.8. The topological polar surface area (TPSA) is 97.2 Å². The van der Waals surface area contributed by atoms with E-state index in [-0.39, 0.29) is 23.0 Å². The number of nitrogens with zero attached hydrogens (tertiary/aromatic N) is 4. The molecule has 2 N–H and O–H groups in total. The van der Waals surface area contributed by atoms with Crippen molar-refractivity contribution in [2.75, 3.05) is 0 Å². The third-order valence-corrected chi connectivity index (χ3v) is 2.61. The molecular weight excluding hydrogens is 248 g/mol. The Bertz CT molecular complexity index is 732. The standard InChI is InChI=1S/C12H10N4O3/c1-16-6-5-8(14-16)11-13-12(19-15-11)7-3-2-4-9(17)10(7)18/h2-6,17-18H,1H3. The Hall–Kier alpha value is -2.83. The van der Waals surface area contributed by atoms with Gasteiger partial charge in [0.25, 0.3) is 5.89 Å². The van der Waals surface area contributed by atoms with Gasteiger partial charge in [0.1, 0.15) is 5.69 Å². The van der Waals surface area contributed by atoms with Gasteiger partial charge >= 0.3 is 0 Å². The number of benzene rings is 1. The molecule has 1 aromatic carbocycles. The maximum Gasteiger partial charge on any atom is 0.262 e. The molecule has 2 aromatic heterocycles. The molecule has 0 radical (unpaired) electrons. The average Bonchev–Trinajstić information content (AvgIpc) is 3.01. The molecule has 3 rings (SSSR count). The van der Waals surface area contributed by atoms with Gasteiger partial charge in [0.05, 0.1) is 5.56 Å². The zero-order chi connectivity index (χ0) is 13.4. The van der Waals surface area contributed by atoms with Crippen molar-refractivity contribution in [3.8, 4) is 34.5 Å². The molecule has 0 atom stereocenters. The Labute approximate surface area is 107 Å². The van der Waals surface area contributed by atoms with Gasteiger partial charge in [-0.1, -0.05) is 11.2 Å². The number of aryl methyl sites for hydroxylation is 1. The summed E-state index contributed by atoms with van der Waals surface area (Å²) in [6.45, 7) is 0. The van der Waals surface area contributed by atoms with Gasteiger partial charge in [0.2, 0.25) is 5.82 Å². The highest BCUT2D eigenvalue weighted by atomic mass is 16.5. The molecule has 0 bridgehead atoms. The van der Waals surface area contributed by atoms with Gasteiger partial charge in [-0.25, -0.2) is 0 Å². The predicted molar refractivity (Wildman–Crippen MR) is 65.3 cm³/mol. The summed E-state index contributed by atoms with van der Waals surface area (Å²) in [7, 11) is 1.78. The van der Waals surface area contributed by atoms with Gasteiger partial charge in [-0.05, 0) is 18.2 Å². The second-order valence-electron chi connectivity index (χ2n) is 3.97. The van der Waals surface area contributed by atoms with Crippen LogP contribution in [0.15, 0.2) is 35.0 Å². The first-order valence-corrected chi connectivity index (χ1v) is 5.50. The van der Waals surface area contributed by atoms with Crippen molar-refractivity contribution >= 4 is 0 Å². The Balaban J connectivity index is 2.04. The van der Waals surface area contributed by atoms with Crippen LogP contribution in [0.2, 0.25) is 0 Å². The molecule has 0 spiro atoms. The second-order valence-corrected chi connectivity index (χ2v) is 3.97. The van der Waals surface area contributed by atoms with Crippen LogP contribution in [0.3, 0.4) is 0 Å². The first-order valence-electron chi connectivity index (χ1n) is 5.50. The van der Waals surface area contributed by atoms with E-state index < -0.39 is 0 Å². The maximum absolute atomic E-state index is 9.74. The number of phenols is 2. The van der Waals surface area contributed by atoms with Crippen LogP contribution in [0.5, 0.6) is 11.5 Å². The molecule has 0 unspecified atom stereocenters. The van der Waals surface area contributed by atoms with Gasteiger partial charge < -0.3 is 14.7 Å². The highest BCUT2D eigenvalue weighted by Crippen LogP contribution is 2.35. The van der Waals surface area contributed by atoms with Crippen LogP contribution >= 0.6 is 0 Å². The van der Waals surface area contributed by atoms with E-state index in [4.69, 9.17) is 4.52 Å². The first kappa shape index (κ1) is 11.3. The Morgan fingerprint density at radius 3 is 2.79 bits per heavy atom. The fourth-order valence-corrected chi connectivity index (χ4v) is 1.68. The van der Waals surface area contributed by atoms with Crippen LogP contribution in [-0.2, 0) is 7.05 Å². The van der Waals surface area contributed by atoms with Crippen molar-refractivity contribution in [2.45, 2.75) is 0 Å². The molecule has 7 heteroatoms. The van der Waals surface area contributed by atoms with E-state index in [0.29, 0.717) is 11.5 Å². The average molecular weight is 258 g/mol. The highest BCUT2D eigenvalue weighted by molar-refractivity contribution is 5.67. The minimum atomic E-state index is -0.293. The van der Waals surface area contributed by atoms with Gasteiger partial charge in [-0.2, -0.15) is 10.1 Å². The fraction of sp³-hybridized carbons (Fsp3) is 0.0833. The third-order valence-electron chi connectivity index (χ3n) is 2.61. The van der Waals surface area contributed by atoms with E-state index in [1.54, 1.807) is 36.1 Å². The molecule has 0 aliphatic carbocycles. The lowest BCUT2D eigenvalue weighted by atomic mass is 10.2. The molecular formula is C12H10N4O3. The predicted octanol–water partition coefficient (Wildman–Crippen LogP) is 1.55. The summed E-state index contributed by atoms with van der Waals surface area (Å²) in [6, 6.07) is 6.27. The zero-order valence-electron chi connectivity index (χ0n) is 9.98. The van der Waals surface area contributed by atoms with Crippen LogP contribution in [0.1, 0.15) is 0 Å². The lowest BCUT2D eigenvalue weighted by molar-refractivity contribution is 0.397. The van der Waals surface area contributed by atoms with E-state index in [1.165, 1.54) is 6.07 Å². The van der Waals surface area contributed by atoms with E-state index in [9.17, 15) is 10.2 Å². The molecule has 0 aliphatic rings. The van der Waals surface area contributed by atoms with Crippen LogP contribution in [0.4, 0.5) is 0 Å². The monoisotopic (exact) mass is 258 g/mol. The molecule has 96 valence electrons. The van der Waals surface area contributed by atoms with Crippen LogP contribution in [-0.4, -0.2) is 30.1 Å². The minimum absolute atomic E-state index is 0.119. The molecule has 0 saturated carbocycles. The smallest absolute Gasteiger partial charge is 0.262 e. The number of aromatic hydroxyl groups is 2. The molecule has 0 fully saturated rings. The number of rotatable bonds is 2. The van der Waals surface area contributed by atoms with E-state index in [1.807, 2.05) is 0 Å². The number of aromatic nitrogens is 4. The van der Waals surface area contributed by atoms with Gasteiger partial charge in [0, 0.05) is 13.2 Å². The maximum atomic E-state index is 9.74. The van der Waals surface area contributed by atoms with Gasteiger partial charge in [-0.3, -0.25) is 4.68 Å². The van der Waals surface area contributed by atoms with Crippen molar-refractivity contribution in [3.63, 3.8) is 0 Å². The second kappa shape index (κ2) is 4.13. The Morgan fingerprint density at radius 2 is 2.05 bits per heavy atom. The SMILES string of the molecule is Cn1ccc(-c2noc(-c3cccc(O)c3O)n2)n1. The number of phenolic OH excluding ortho intramolecular Hbond substituents is 2. The molecule has 0 saturated heterocycles. The third kappa shape index (κ3) is 1.90. The Kier molecular flexibility index (Phi) is 2.45. The van der Waals surface area contributed by atoms with Gasteiger partial charge in [-0.15, -0.1) is 0 Å². The summed E-state index contributed by atoms with van der Waals surface area (Å²) in [6.07, 6.45) is 1.76. The largest absolute Gasteiger partial charge is 0.504 e. The van der Waals surface area contributed by atoms with Crippen molar-refractivity contribution in [1.29, 1.82) is 0 Å². The van der Waals surface area contributed by atoms with Crippen molar-refractivity contribution in [1.82, 2.24) is 19.9 Å². The van der Waals surface area contributed by atoms with E-state index in [2.05, 4.69) is 15.2 Å². The minimum Gasteiger partial charge on any atom is -0.504 e. The van der Waals surface area contributed by atoms with Crippen molar-refractivity contribution in [2.24, 2.45) is 7.05 Å². The molecule has 0 amide bonds. The highest BCUT2D eigenvalue weighted by Gasteiger charge is 2.16. The zero-order valence-corrected chi connectivity index (χ0v) is 9.98. The number of hydrogen-bond acceptors (Lipinski definition) is 6. The quantitative estimate of drug-likeness (QED) is 0.677. The summed E-state index contributed by atoms with van der Waals surface area (Å²) < 4.78 is 6.69. The summed E-state index contributed by atoms with van der Waals surface area (Å²) in [4.78, 5) is 4.14. The molecule has 0 aliphatic heterocycles. The molecule has 19 heavy (non-hydrogen) atoms. The first-order chi connectivity index (χ1) is 9.15. The summed E-state index contributed by atoms with van der Waals surface area (Å²) in [5.41, 5.74) is 0.840. The lowest BCUT2D eigenvalue weighted by Crippen LogP contribution is -1.88. The molecule has 7 nitrogen and oxygen atoms in total. The van der Waals surface area contributed by atoms with Crippen LogP contribution in [0, 0.1) is 0 Å². The summed E-state index contributed by atoms with van der Waals surface area (Å²) in [5.74, 6) is -0.0961. The fourth-order valence-electron chi connectivity index (χ4n) is 1.68. The lowest BCUT2D eigenvalue weighted by Gasteiger charge is -2.00.